The van der Waals surface area contributed by atoms with Crippen molar-refractivity contribution < 1.29 is 9.47 Å². The summed E-state index contributed by atoms with van der Waals surface area (Å²) in [4.78, 5) is 2.05. The molecule has 0 radical (unpaired) electrons. The number of rotatable bonds is 5. The molecule has 0 saturated carbocycles. The number of nitrogens with zero attached hydrogens (tertiary/aromatic N) is 1. The Balaban J connectivity index is 2.89. The van der Waals surface area contributed by atoms with Gasteiger partial charge in [-0.2, -0.15) is 0 Å². The highest BCUT2D eigenvalue weighted by molar-refractivity contribution is 6.21. The second-order valence-corrected chi connectivity index (χ2v) is 4.37. The highest BCUT2D eigenvalue weighted by atomic mass is 35.5. The van der Waals surface area contributed by atoms with Crippen LogP contribution in [0, 0.1) is 0 Å². The van der Waals surface area contributed by atoms with Gasteiger partial charge in [0.2, 0.25) is 0 Å². The third-order valence-electron chi connectivity index (χ3n) is 2.29. The molecular formula is C12H18ClNO2. The van der Waals surface area contributed by atoms with Gasteiger partial charge in [0.25, 0.3) is 0 Å². The van der Waals surface area contributed by atoms with Gasteiger partial charge in [-0.05, 0) is 31.8 Å². The predicted octanol–water partition coefficient (Wildman–Crippen LogP) is 2.55. The van der Waals surface area contributed by atoms with Gasteiger partial charge in [0.05, 0.1) is 19.6 Å². The molecule has 0 saturated heterocycles. The molecule has 0 aliphatic rings. The molecule has 0 heterocycles. The Morgan fingerprint density at radius 3 is 2.31 bits per heavy atom. The summed E-state index contributed by atoms with van der Waals surface area (Å²) in [5.41, 5.74) is 1.04. The summed E-state index contributed by atoms with van der Waals surface area (Å²) in [6, 6.07) is 5.75. The van der Waals surface area contributed by atoms with Crippen molar-refractivity contribution in [2.24, 2.45) is 0 Å². The lowest BCUT2D eigenvalue weighted by atomic mass is 10.1. The number of benzene rings is 1. The number of hydrogen-bond acceptors (Lipinski definition) is 3. The lowest BCUT2D eigenvalue weighted by Gasteiger charge is -2.17. The molecule has 90 valence electrons. The zero-order valence-electron chi connectivity index (χ0n) is 10.2. The minimum atomic E-state index is -0.0465. The van der Waals surface area contributed by atoms with E-state index in [0.717, 1.165) is 17.9 Å². The average molecular weight is 244 g/mol. The molecule has 1 rings (SSSR count). The van der Waals surface area contributed by atoms with Crippen molar-refractivity contribution in [3.63, 3.8) is 0 Å². The number of ether oxygens (including phenoxy) is 2. The van der Waals surface area contributed by atoms with Gasteiger partial charge in [-0.25, -0.2) is 0 Å². The van der Waals surface area contributed by atoms with Gasteiger partial charge in [-0.3, -0.25) is 0 Å². The Bertz CT molecular complexity index is 342. The normalized spacial score (nSPS) is 12.6. The standard InChI is InChI=1S/C12H18ClNO2/c1-14(2)8-10(13)9-5-6-11(15-3)12(7-9)16-4/h5-7,10H,8H2,1-4H3. The number of alkyl halides is 1. The maximum atomic E-state index is 6.29. The Hall–Kier alpha value is -0.930. The molecule has 0 spiro atoms. The van der Waals surface area contributed by atoms with Crippen LogP contribution in [0.1, 0.15) is 10.9 Å². The first-order valence-corrected chi connectivity index (χ1v) is 5.53. The molecule has 0 aliphatic heterocycles. The van der Waals surface area contributed by atoms with E-state index in [1.165, 1.54) is 0 Å². The SMILES string of the molecule is COc1ccc(C(Cl)CN(C)C)cc1OC. The molecule has 3 nitrogen and oxygen atoms in total. The fraction of sp³-hybridized carbons (Fsp3) is 0.500. The van der Waals surface area contributed by atoms with Gasteiger partial charge < -0.3 is 14.4 Å². The van der Waals surface area contributed by atoms with E-state index in [0.29, 0.717) is 5.75 Å². The van der Waals surface area contributed by atoms with Crippen molar-refractivity contribution in [3.05, 3.63) is 23.8 Å². The van der Waals surface area contributed by atoms with E-state index in [4.69, 9.17) is 21.1 Å². The topological polar surface area (TPSA) is 21.7 Å². The van der Waals surface area contributed by atoms with E-state index >= 15 is 0 Å². The van der Waals surface area contributed by atoms with E-state index in [9.17, 15) is 0 Å². The summed E-state index contributed by atoms with van der Waals surface area (Å²) >= 11 is 6.29. The second kappa shape index (κ2) is 5.97. The molecule has 0 aliphatic carbocycles. The maximum absolute atomic E-state index is 6.29. The van der Waals surface area contributed by atoms with Crippen molar-refractivity contribution in [3.8, 4) is 11.5 Å². The summed E-state index contributed by atoms with van der Waals surface area (Å²) in [6.45, 7) is 0.789. The smallest absolute Gasteiger partial charge is 0.161 e. The summed E-state index contributed by atoms with van der Waals surface area (Å²) in [5, 5.41) is -0.0465. The molecule has 0 aromatic heterocycles. The molecule has 1 atom stereocenters. The van der Waals surface area contributed by atoms with E-state index in [2.05, 4.69) is 0 Å². The van der Waals surface area contributed by atoms with Crippen LogP contribution >= 0.6 is 11.6 Å². The Labute approximate surface area is 102 Å². The van der Waals surface area contributed by atoms with Crippen molar-refractivity contribution in [1.82, 2.24) is 4.90 Å². The highest BCUT2D eigenvalue weighted by Gasteiger charge is 2.12. The van der Waals surface area contributed by atoms with Crippen molar-refractivity contribution >= 4 is 11.6 Å². The van der Waals surface area contributed by atoms with Crippen LogP contribution in [0.15, 0.2) is 18.2 Å². The van der Waals surface area contributed by atoms with E-state index in [1.54, 1.807) is 14.2 Å². The van der Waals surface area contributed by atoms with Gasteiger partial charge >= 0.3 is 0 Å². The molecular weight excluding hydrogens is 226 g/mol. The van der Waals surface area contributed by atoms with E-state index in [-0.39, 0.29) is 5.38 Å². The molecule has 1 aromatic carbocycles. The van der Waals surface area contributed by atoms with Crippen LogP contribution in [-0.4, -0.2) is 39.8 Å². The minimum Gasteiger partial charge on any atom is -0.493 e. The third kappa shape index (κ3) is 3.29. The molecule has 0 N–H and O–H groups in total. The first-order valence-electron chi connectivity index (χ1n) is 5.09. The molecule has 0 fully saturated rings. The van der Waals surface area contributed by atoms with Crippen molar-refractivity contribution in [2.75, 3.05) is 34.9 Å². The van der Waals surface area contributed by atoms with E-state index in [1.807, 2.05) is 37.2 Å². The van der Waals surface area contributed by atoms with Crippen LogP contribution in [0.25, 0.3) is 0 Å². The van der Waals surface area contributed by atoms with Crippen molar-refractivity contribution in [1.29, 1.82) is 0 Å². The van der Waals surface area contributed by atoms with E-state index < -0.39 is 0 Å². The Morgan fingerprint density at radius 1 is 1.19 bits per heavy atom. The number of hydrogen-bond donors (Lipinski definition) is 0. The summed E-state index contributed by atoms with van der Waals surface area (Å²) in [5.74, 6) is 1.43. The van der Waals surface area contributed by atoms with Crippen LogP contribution < -0.4 is 9.47 Å². The minimum absolute atomic E-state index is 0.0465. The summed E-state index contributed by atoms with van der Waals surface area (Å²) in [7, 11) is 7.23. The first-order chi connectivity index (χ1) is 7.58. The quantitative estimate of drug-likeness (QED) is 0.742. The fourth-order valence-corrected chi connectivity index (χ4v) is 1.89. The van der Waals surface area contributed by atoms with Crippen LogP contribution in [0.3, 0.4) is 0 Å². The fourth-order valence-electron chi connectivity index (χ4n) is 1.47. The van der Waals surface area contributed by atoms with Crippen LogP contribution in [-0.2, 0) is 0 Å². The molecule has 16 heavy (non-hydrogen) atoms. The number of halogens is 1. The van der Waals surface area contributed by atoms with Gasteiger partial charge in [-0.15, -0.1) is 11.6 Å². The zero-order chi connectivity index (χ0) is 12.1. The van der Waals surface area contributed by atoms with Crippen LogP contribution in [0.2, 0.25) is 0 Å². The molecule has 0 amide bonds. The monoisotopic (exact) mass is 243 g/mol. The molecule has 1 aromatic rings. The lowest BCUT2D eigenvalue weighted by molar-refractivity contribution is 0.354. The average Bonchev–Trinajstić information content (AvgIpc) is 2.27. The van der Waals surface area contributed by atoms with Crippen LogP contribution in [0.4, 0.5) is 0 Å². The molecule has 1 unspecified atom stereocenters. The highest BCUT2D eigenvalue weighted by Crippen LogP contribution is 2.32. The zero-order valence-corrected chi connectivity index (χ0v) is 10.9. The first kappa shape index (κ1) is 13.1. The largest absolute Gasteiger partial charge is 0.493 e. The predicted molar refractivity (Wildman–Crippen MR) is 66.7 cm³/mol. The lowest BCUT2D eigenvalue weighted by Crippen LogP contribution is -2.17. The van der Waals surface area contributed by atoms with Crippen molar-refractivity contribution in [2.45, 2.75) is 5.38 Å². The maximum Gasteiger partial charge on any atom is 0.161 e. The number of methoxy groups -OCH3 is 2. The number of likely N-dealkylation sites (N-methyl/N-ethyl adjacent to an activating group) is 1. The molecule has 4 heteroatoms. The van der Waals surface area contributed by atoms with Gasteiger partial charge in [0.15, 0.2) is 11.5 Å². The summed E-state index contributed by atoms with van der Waals surface area (Å²) in [6.07, 6.45) is 0. The van der Waals surface area contributed by atoms with Gasteiger partial charge in [0, 0.05) is 6.54 Å². The Kier molecular flexibility index (Phi) is 4.90. The van der Waals surface area contributed by atoms with Crippen LogP contribution in [0.5, 0.6) is 11.5 Å². The third-order valence-corrected chi connectivity index (χ3v) is 2.68. The second-order valence-electron chi connectivity index (χ2n) is 3.84. The summed E-state index contributed by atoms with van der Waals surface area (Å²) < 4.78 is 10.4. The molecule has 0 bridgehead atoms. The van der Waals surface area contributed by atoms with Gasteiger partial charge in [-0.1, -0.05) is 6.07 Å². The van der Waals surface area contributed by atoms with Gasteiger partial charge in [0.1, 0.15) is 0 Å². The Morgan fingerprint density at radius 2 is 1.81 bits per heavy atom.